The van der Waals surface area contributed by atoms with E-state index in [9.17, 15) is 4.79 Å². The number of fused-ring (bicyclic) bond motifs is 4. The fraction of sp³-hybridized carbons (Fsp3) is 0.458. The summed E-state index contributed by atoms with van der Waals surface area (Å²) < 4.78 is 6.16. The highest BCUT2D eigenvalue weighted by molar-refractivity contribution is 7.19. The molecule has 3 heterocycles. The summed E-state index contributed by atoms with van der Waals surface area (Å²) in [5.41, 5.74) is 10.7. The van der Waals surface area contributed by atoms with E-state index in [0.717, 1.165) is 65.5 Å². The molecule has 1 aliphatic carbocycles. The SMILES string of the molecule is CN(C)CCOc1cc2c(cc1Nc1ncnc3sc4c(c13)CC[C@H](C(=O)N(C)C)C4)CNN2. The smallest absolute Gasteiger partial charge is 0.225 e. The van der Waals surface area contributed by atoms with E-state index >= 15 is 0 Å². The number of carbonyl (C=O) groups excluding carboxylic acids is 1. The predicted octanol–water partition coefficient (Wildman–Crippen LogP) is 3.00. The Balaban J connectivity index is 1.47. The van der Waals surface area contributed by atoms with Crippen LogP contribution < -0.4 is 20.9 Å². The summed E-state index contributed by atoms with van der Waals surface area (Å²) in [6.07, 6.45) is 4.07. The first kappa shape index (κ1) is 22.8. The number of anilines is 3. The number of hydrogen-bond donors (Lipinski definition) is 3. The summed E-state index contributed by atoms with van der Waals surface area (Å²) >= 11 is 1.68. The van der Waals surface area contributed by atoms with E-state index in [2.05, 4.69) is 37.1 Å². The molecule has 0 saturated carbocycles. The van der Waals surface area contributed by atoms with Crippen LogP contribution in [-0.4, -0.2) is 67.0 Å². The van der Waals surface area contributed by atoms with Gasteiger partial charge in [0.05, 0.1) is 16.8 Å². The van der Waals surface area contributed by atoms with Crippen molar-refractivity contribution in [1.29, 1.82) is 0 Å². The van der Waals surface area contributed by atoms with Crippen molar-refractivity contribution in [3.63, 3.8) is 0 Å². The monoisotopic (exact) mass is 481 g/mol. The fourth-order valence-electron chi connectivity index (χ4n) is 4.59. The number of nitrogens with zero attached hydrogens (tertiary/aromatic N) is 4. The molecule has 3 aromatic rings. The van der Waals surface area contributed by atoms with E-state index in [0.29, 0.717) is 6.61 Å². The zero-order valence-electron chi connectivity index (χ0n) is 20.1. The Morgan fingerprint density at radius 3 is 2.91 bits per heavy atom. The molecule has 9 nitrogen and oxygen atoms in total. The Morgan fingerprint density at radius 2 is 2.12 bits per heavy atom. The van der Waals surface area contributed by atoms with Gasteiger partial charge < -0.3 is 25.3 Å². The molecule has 3 N–H and O–H groups in total. The largest absolute Gasteiger partial charge is 0.490 e. The molecular formula is C24H31N7O2S. The number of aromatic nitrogens is 2. The number of nitrogens with one attached hydrogen (secondary N) is 3. The van der Waals surface area contributed by atoms with Crippen molar-refractivity contribution in [3.8, 4) is 5.75 Å². The summed E-state index contributed by atoms with van der Waals surface area (Å²) in [6, 6.07) is 4.15. The molecule has 2 aromatic heterocycles. The van der Waals surface area contributed by atoms with Crippen LogP contribution >= 0.6 is 11.3 Å². The third-order valence-corrected chi connectivity index (χ3v) is 7.55. The minimum atomic E-state index is 0.0355. The van der Waals surface area contributed by atoms with Gasteiger partial charge in [0.2, 0.25) is 5.91 Å². The molecule has 0 bridgehead atoms. The highest BCUT2D eigenvalue weighted by Gasteiger charge is 2.30. The van der Waals surface area contributed by atoms with Gasteiger partial charge in [0.1, 0.15) is 29.3 Å². The minimum Gasteiger partial charge on any atom is -0.490 e. The van der Waals surface area contributed by atoms with E-state index in [1.807, 2.05) is 34.3 Å². The normalized spacial score (nSPS) is 16.8. The maximum atomic E-state index is 12.6. The highest BCUT2D eigenvalue weighted by atomic mass is 32.1. The summed E-state index contributed by atoms with van der Waals surface area (Å²) in [4.78, 5) is 27.7. The molecule has 0 unspecified atom stereocenters. The molecular weight excluding hydrogens is 450 g/mol. The molecule has 34 heavy (non-hydrogen) atoms. The summed E-state index contributed by atoms with van der Waals surface area (Å²) in [7, 11) is 7.72. The van der Waals surface area contributed by atoms with Crippen LogP contribution in [0.2, 0.25) is 0 Å². The van der Waals surface area contributed by atoms with Gasteiger partial charge in [-0.25, -0.2) is 15.4 Å². The van der Waals surface area contributed by atoms with Gasteiger partial charge in [-0.1, -0.05) is 0 Å². The lowest BCUT2D eigenvalue weighted by Gasteiger charge is -2.24. The number of rotatable bonds is 7. The van der Waals surface area contributed by atoms with E-state index in [1.165, 1.54) is 16.0 Å². The molecule has 0 spiro atoms. The molecule has 5 rings (SSSR count). The summed E-state index contributed by atoms with van der Waals surface area (Å²) in [5, 5.41) is 4.62. The van der Waals surface area contributed by atoms with E-state index < -0.39 is 0 Å². The highest BCUT2D eigenvalue weighted by Crippen LogP contribution is 2.42. The van der Waals surface area contributed by atoms with Crippen LogP contribution in [0.4, 0.5) is 17.2 Å². The standard InChI is InChI=1S/C24H31N7O2S/c1-30(2)7-8-33-19-11-17-15(12-27-29-17)9-18(19)28-22-21-16-6-5-14(24(32)31(3)4)10-20(16)34-23(21)26-13-25-22/h9,11,13-14,27,29H,5-8,10,12H2,1-4H3,(H,25,26,28)/t14-/m0/s1. The van der Waals surface area contributed by atoms with Gasteiger partial charge >= 0.3 is 0 Å². The molecule has 1 aliphatic heterocycles. The van der Waals surface area contributed by atoms with E-state index in [1.54, 1.807) is 22.6 Å². The first-order valence-electron chi connectivity index (χ1n) is 11.6. The number of likely N-dealkylation sites (N-methyl/N-ethyl adjacent to an activating group) is 1. The Morgan fingerprint density at radius 1 is 1.26 bits per heavy atom. The van der Waals surface area contributed by atoms with Crippen LogP contribution in [0.5, 0.6) is 5.75 Å². The van der Waals surface area contributed by atoms with Gasteiger partial charge in [-0.15, -0.1) is 11.3 Å². The van der Waals surface area contributed by atoms with Gasteiger partial charge in [-0.3, -0.25) is 4.79 Å². The van der Waals surface area contributed by atoms with Crippen molar-refractivity contribution in [2.75, 3.05) is 52.1 Å². The number of carbonyl (C=O) groups is 1. The number of amides is 1. The maximum absolute atomic E-state index is 12.6. The van der Waals surface area contributed by atoms with Crippen LogP contribution in [0.1, 0.15) is 22.4 Å². The lowest BCUT2D eigenvalue weighted by atomic mass is 9.87. The minimum absolute atomic E-state index is 0.0355. The number of thiophene rings is 1. The summed E-state index contributed by atoms with van der Waals surface area (Å²) in [6.45, 7) is 2.16. The van der Waals surface area contributed by atoms with Crippen LogP contribution in [0, 0.1) is 5.92 Å². The molecule has 0 fully saturated rings. The maximum Gasteiger partial charge on any atom is 0.225 e. The molecule has 1 amide bonds. The van der Waals surface area contributed by atoms with E-state index in [4.69, 9.17) is 4.74 Å². The van der Waals surface area contributed by atoms with Crippen molar-refractivity contribution in [2.45, 2.75) is 25.8 Å². The third-order valence-electron chi connectivity index (χ3n) is 6.39. The van der Waals surface area contributed by atoms with Gasteiger partial charge in [0.25, 0.3) is 0 Å². The Kier molecular flexibility index (Phi) is 6.28. The molecule has 180 valence electrons. The molecule has 1 atom stereocenters. The predicted molar refractivity (Wildman–Crippen MR) is 136 cm³/mol. The number of hydrazine groups is 1. The quantitative estimate of drug-likeness (QED) is 0.474. The topological polar surface area (TPSA) is 94.6 Å². The molecule has 0 radical (unpaired) electrons. The van der Waals surface area contributed by atoms with Crippen molar-refractivity contribution in [2.24, 2.45) is 5.92 Å². The van der Waals surface area contributed by atoms with Crippen LogP contribution in [-0.2, 0) is 24.2 Å². The van der Waals surface area contributed by atoms with Crippen LogP contribution in [0.25, 0.3) is 10.2 Å². The van der Waals surface area contributed by atoms with E-state index in [-0.39, 0.29) is 11.8 Å². The second kappa shape index (κ2) is 9.36. The third kappa shape index (κ3) is 4.40. The first-order chi connectivity index (χ1) is 16.4. The number of aryl methyl sites for hydroxylation is 1. The van der Waals surface area contributed by atoms with Crippen molar-refractivity contribution in [1.82, 2.24) is 25.2 Å². The zero-order valence-corrected chi connectivity index (χ0v) is 20.9. The van der Waals surface area contributed by atoms with Gasteiger partial charge in [0.15, 0.2) is 0 Å². The fourth-order valence-corrected chi connectivity index (χ4v) is 5.85. The zero-order chi connectivity index (χ0) is 23.8. The van der Waals surface area contributed by atoms with Crippen molar-refractivity contribution in [3.05, 3.63) is 34.5 Å². The lowest BCUT2D eigenvalue weighted by molar-refractivity contribution is -0.133. The second-order valence-electron chi connectivity index (χ2n) is 9.34. The second-order valence-corrected chi connectivity index (χ2v) is 10.4. The average molecular weight is 482 g/mol. The van der Waals surface area contributed by atoms with Gasteiger partial charge in [0, 0.05) is 44.0 Å². The Bertz CT molecular complexity index is 1220. The first-order valence-corrected chi connectivity index (χ1v) is 12.4. The van der Waals surface area contributed by atoms with Crippen LogP contribution in [0.15, 0.2) is 18.5 Å². The number of ether oxygens (including phenoxy) is 1. The number of hydrogen-bond acceptors (Lipinski definition) is 9. The Hall–Kier alpha value is -2.95. The van der Waals surface area contributed by atoms with Crippen molar-refractivity contribution < 1.29 is 9.53 Å². The molecule has 1 aromatic carbocycles. The molecule has 0 saturated heterocycles. The number of benzene rings is 1. The summed E-state index contributed by atoms with van der Waals surface area (Å²) in [5.74, 6) is 1.81. The average Bonchev–Trinajstić information content (AvgIpc) is 3.41. The Labute approximate surface area is 203 Å². The van der Waals surface area contributed by atoms with Gasteiger partial charge in [-0.2, -0.15) is 0 Å². The molecule has 10 heteroatoms. The van der Waals surface area contributed by atoms with Crippen molar-refractivity contribution >= 4 is 44.7 Å². The van der Waals surface area contributed by atoms with Crippen LogP contribution in [0.3, 0.4) is 0 Å². The lowest BCUT2D eigenvalue weighted by Crippen LogP contribution is -2.32. The van der Waals surface area contributed by atoms with Gasteiger partial charge in [-0.05, 0) is 50.6 Å². The molecule has 2 aliphatic rings.